The molecule has 1 atom stereocenters. The van der Waals surface area contributed by atoms with Crippen molar-refractivity contribution in [1.82, 2.24) is 0 Å². The highest BCUT2D eigenvalue weighted by Crippen LogP contribution is 2.36. The lowest BCUT2D eigenvalue weighted by molar-refractivity contribution is -0.146. The maximum absolute atomic E-state index is 12.2. The second-order valence-electron chi connectivity index (χ2n) is 5.38. The lowest BCUT2D eigenvalue weighted by atomic mass is 9.76. The number of benzene rings is 1. The van der Waals surface area contributed by atoms with Crippen LogP contribution in [-0.4, -0.2) is 19.7 Å². The number of carbonyl (C=O) groups excluding carboxylic acids is 1. The van der Waals surface area contributed by atoms with Crippen LogP contribution in [-0.2, 0) is 9.53 Å². The Hall–Kier alpha value is -1.95. The molecule has 1 rings (SSSR count). The van der Waals surface area contributed by atoms with Crippen LogP contribution < -0.4 is 4.74 Å². The normalized spacial score (nSPS) is 12.4. The van der Waals surface area contributed by atoms with Crippen molar-refractivity contribution in [3.63, 3.8) is 0 Å². The molecular formula is C16H20O3. The smallest absolute Gasteiger partial charge is 0.314 e. The third kappa shape index (κ3) is 4.03. The molecule has 1 unspecified atom stereocenters. The molecule has 1 aromatic carbocycles. The largest absolute Gasteiger partial charge is 0.497 e. The standard InChI is InChI=1S/C16H20O3/c1-6-11-19-15(17)14(16(2,3)4)12-7-9-13(18-5)10-8-12/h1,7-10,14H,11H2,2-5H3. The minimum absolute atomic E-state index is 0.00156. The van der Waals surface area contributed by atoms with E-state index in [0.29, 0.717) is 0 Å². The number of esters is 1. The first-order valence-electron chi connectivity index (χ1n) is 6.14. The Balaban J connectivity index is 3.03. The molecule has 0 fully saturated rings. The Bertz CT molecular complexity index is 460. The van der Waals surface area contributed by atoms with Gasteiger partial charge in [-0.05, 0) is 23.1 Å². The number of carbonyl (C=O) groups is 1. The van der Waals surface area contributed by atoms with Gasteiger partial charge in [0.25, 0.3) is 0 Å². The summed E-state index contributed by atoms with van der Waals surface area (Å²) in [5.41, 5.74) is 0.649. The van der Waals surface area contributed by atoms with Gasteiger partial charge >= 0.3 is 5.97 Å². The summed E-state index contributed by atoms with van der Waals surface area (Å²) in [5.74, 6) is 2.42. The van der Waals surface area contributed by atoms with Crippen LogP contribution in [0.3, 0.4) is 0 Å². The summed E-state index contributed by atoms with van der Waals surface area (Å²) >= 11 is 0. The molecule has 0 aliphatic rings. The first-order chi connectivity index (χ1) is 8.90. The van der Waals surface area contributed by atoms with Crippen LogP contribution in [0.25, 0.3) is 0 Å². The monoisotopic (exact) mass is 260 g/mol. The van der Waals surface area contributed by atoms with Gasteiger partial charge in [-0.3, -0.25) is 4.79 Å². The number of methoxy groups -OCH3 is 1. The number of terminal acetylenes is 1. The Morgan fingerprint density at radius 2 is 1.89 bits per heavy atom. The molecule has 0 aliphatic heterocycles. The van der Waals surface area contributed by atoms with Gasteiger partial charge in [0.1, 0.15) is 5.75 Å². The van der Waals surface area contributed by atoms with Crippen LogP contribution in [0.5, 0.6) is 5.75 Å². The fourth-order valence-electron chi connectivity index (χ4n) is 1.98. The molecule has 0 saturated heterocycles. The molecule has 0 aromatic heterocycles. The summed E-state index contributed by atoms with van der Waals surface area (Å²) in [4.78, 5) is 12.2. The van der Waals surface area contributed by atoms with E-state index in [1.165, 1.54) is 0 Å². The predicted octanol–water partition coefficient (Wildman–Crippen LogP) is 3.00. The van der Waals surface area contributed by atoms with E-state index in [1.807, 2.05) is 45.0 Å². The second kappa shape index (κ2) is 6.29. The molecule has 1 aromatic rings. The highest BCUT2D eigenvalue weighted by molar-refractivity contribution is 5.79. The Morgan fingerprint density at radius 1 is 1.32 bits per heavy atom. The molecule has 0 amide bonds. The highest BCUT2D eigenvalue weighted by atomic mass is 16.5. The molecule has 0 bridgehead atoms. The van der Waals surface area contributed by atoms with Gasteiger partial charge in [0.2, 0.25) is 0 Å². The number of ether oxygens (including phenoxy) is 2. The van der Waals surface area contributed by atoms with E-state index in [1.54, 1.807) is 7.11 Å². The fraction of sp³-hybridized carbons (Fsp3) is 0.438. The van der Waals surface area contributed by atoms with Gasteiger partial charge < -0.3 is 9.47 Å². The molecular weight excluding hydrogens is 240 g/mol. The fourth-order valence-corrected chi connectivity index (χ4v) is 1.98. The topological polar surface area (TPSA) is 35.5 Å². The Labute approximate surface area is 114 Å². The molecule has 0 heterocycles. The average Bonchev–Trinajstić information content (AvgIpc) is 2.35. The van der Waals surface area contributed by atoms with Gasteiger partial charge in [0, 0.05) is 0 Å². The summed E-state index contributed by atoms with van der Waals surface area (Å²) in [6, 6.07) is 7.43. The first kappa shape index (κ1) is 15.1. The van der Waals surface area contributed by atoms with Crippen LogP contribution >= 0.6 is 0 Å². The third-order valence-electron chi connectivity index (χ3n) is 2.85. The van der Waals surface area contributed by atoms with E-state index < -0.39 is 0 Å². The molecule has 19 heavy (non-hydrogen) atoms. The highest BCUT2D eigenvalue weighted by Gasteiger charge is 2.34. The molecule has 0 radical (unpaired) electrons. The zero-order valence-corrected chi connectivity index (χ0v) is 11.9. The maximum Gasteiger partial charge on any atom is 0.314 e. The molecule has 3 nitrogen and oxygen atoms in total. The van der Waals surface area contributed by atoms with E-state index in [0.717, 1.165) is 11.3 Å². The van der Waals surface area contributed by atoms with E-state index in [9.17, 15) is 4.79 Å². The van der Waals surface area contributed by atoms with Crippen molar-refractivity contribution in [2.45, 2.75) is 26.7 Å². The number of rotatable bonds is 4. The minimum Gasteiger partial charge on any atom is -0.497 e. The van der Waals surface area contributed by atoms with Crippen molar-refractivity contribution in [1.29, 1.82) is 0 Å². The van der Waals surface area contributed by atoms with Gasteiger partial charge in [-0.1, -0.05) is 38.8 Å². The van der Waals surface area contributed by atoms with Crippen LogP contribution in [0.2, 0.25) is 0 Å². The minimum atomic E-state index is -0.355. The summed E-state index contributed by atoms with van der Waals surface area (Å²) in [6.07, 6.45) is 5.12. The predicted molar refractivity (Wildman–Crippen MR) is 75.0 cm³/mol. The molecule has 0 N–H and O–H groups in total. The zero-order chi connectivity index (χ0) is 14.5. The molecule has 102 valence electrons. The van der Waals surface area contributed by atoms with Gasteiger partial charge in [0.15, 0.2) is 6.61 Å². The van der Waals surface area contributed by atoms with Crippen molar-refractivity contribution in [3.8, 4) is 18.1 Å². The summed E-state index contributed by atoms with van der Waals surface area (Å²) < 4.78 is 10.2. The van der Waals surface area contributed by atoms with Crippen LogP contribution in [0, 0.1) is 17.8 Å². The summed E-state index contributed by atoms with van der Waals surface area (Å²) in [7, 11) is 1.61. The SMILES string of the molecule is C#CCOC(=O)C(c1ccc(OC)cc1)C(C)(C)C. The first-order valence-corrected chi connectivity index (χ1v) is 6.14. The summed E-state index contributed by atoms with van der Waals surface area (Å²) in [5, 5.41) is 0. The van der Waals surface area contributed by atoms with E-state index >= 15 is 0 Å². The van der Waals surface area contributed by atoms with Crippen LogP contribution in [0.4, 0.5) is 0 Å². The summed E-state index contributed by atoms with van der Waals surface area (Å²) in [6.45, 7) is 6.00. The van der Waals surface area contributed by atoms with Gasteiger partial charge in [-0.25, -0.2) is 0 Å². The quantitative estimate of drug-likeness (QED) is 0.616. The van der Waals surface area contributed by atoms with E-state index in [2.05, 4.69) is 5.92 Å². The molecule has 0 saturated carbocycles. The number of hydrogen-bond donors (Lipinski definition) is 0. The van der Waals surface area contributed by atoms with Crippen molar-refractivity contribution >= 4 is 5.97 Å². The van der Waals surface area contributed by atoms with E-state index in [-0.39, 0.29) is 23.9 Å². The maximum atomic E-state index is 12.2. The second-order valence-corrected chi connectivity index (χ2v) is 5.38. The molecule has 3 heteroatoms. The average molecular weight is 260 g/mol. The van der Waals surface area contributed by atoms with Gasteiger partial charge in [-0.2, -0.15) is 0 Å². The van der Waals surface area contributed by atoms with Crippen molar-refractivity contribution in [3.05, 3.63) is 29.8 Å². The molecule has 0 spiro atoms. The van der Waals surface area contributed by atoms with Crippen molar-refractivity contribution < 1.29 is 14.3 Å². The third-order valence-corrected chi connectivity index (χ3v) is 2.85. The van der Waals surface area contributed by atoms with Crippen LogP contribution in [0.1, 0.15) is 32.3 Å². The zero-order valence-electron chi connectivity index (χ0n) is 11.9. The van der Waals surface area contributed by atoms with Gasteiger partial charge in [0.05, 0.1) is 13.0 Å². The lowest BCUT2D eigenvalue weighted by Gasteiger charge is -2.29. The van der Waals surface area contributed by atoms with Crippen molar-refractivity contribution in [2.75, 3.05) is 13.7 Å². The lowest BCUT2D eigenvalue weighted by Crippen LogP contribution is -2.28. The van der Waals surface area contributed by atoms with Crippen LogP contribution in [0.15, 0.2) is 24.3 Å². The Morgan fingerprint density at radius 3 is 2.32 bits per heavy atom. The Kier molecular flexibility index (Phi) is 5.00. The van der Waals surface area contributed by atoms with Gasteiger partial charge in [-0.15, -0.1) is 6.42 Å². The molecule has 0 aliphatic carbocycles. The van der Waals surface area contributed by atoms with Crippen molar-refractivity contribution in [2.24, 2.45) is 5.41 Å². The number of hydrogen-bond acceptors (Lipinski definition) is 3. The van der Waals surface area contributed by atoms with E-state index in [4.69, 9.17) is 15.9 Å².